The van der Waals surface area contributed by atoms with Gasteiger partial charge in [-0.3, -0.25) is 9.48 Å². The number of benzene rings is 1. The Labute approximate surface area is 149 Å². The number of furan rings is 1. The van der Waals surface area contributed by atoms with Crippen LogP contribution in [0.3, 0.4) is 0 Å². The van der Waals surface area contributed by atoms with Gasteiger partial charge in [0, 0.05) is 24.0 Å². The van der Waals surface area contributed by atoms with Crippen LogP contribution in [-0.4, -0.2) is 20.8 Å². The van der Waals surface area contributed by atoms with Crippen LogP contribution in [0.4, 0.5) is 0 Å². The van der Waals surface area contributed by atoms with Crippen LogP contribution in [0.5, 0.6) is 0 Å². The molecule has 3 heterocycles. The Balaban J connectivity index is 1.39. The van der Waals surface area contributed by atoms with Gasteiger partial charge in [-0.2, -0.15) is 5.10 Å². The zero-order valence-corrected chi connectivity index (χ0v) is 13.8. The molecule has 0 aliphatic rings. The van der Waals surface area contributed by atoms with Gasteiger partial charge in [0.15, 0.2) is 5.76 Å². The molecule has 0 atom stereocenters. The molecular formula is C19H16N4O3. The standard InChI is InChI=1S/C19H16N4O3/c24-19(15-5-1-4-14(10-15)13-23-8-3-7-21-23)20-12-16-11-18(26-22-16)17-6-2-9-25-17/h1-11H,12-13H2,(H,20,24). The highest BCUT2D eigenvalue weighted by Crippen LogP contribution is 2.20. The molecule has 1 aromatic carbocycles. The van der Waals surface area contributed by atoms with Gasteiger partial charge >= 0.3 is 0 Å². The average molecular weight is 348 g/mol. The summed E-state index contributed by atoms with van der Waals surface area (Å²) < 4.78 is 12.3. The van der Waals surface area contributed by atoms with Crippen molar-refractivity contribution in [3.8, 4) is 11.5 Å². The molecule has 4 rings (SSSR count). The van der Waals surface area contributed by atoms with Crippen LogP contribution in [0.1, 0.15) is 21.6 Å². The van der Waals surface area contributed by atoms with Crippen LogP contribution in [0.15, 0.2) is 76.1 Å². The molecule has 0 bridgehead atoms. The predicted molar refractivity (Wildman–Crippen MR) is 93.1 cm³/mol. The van der Waals surface area contributed by atoms with Crippen molar-refractivity contribution in [2.24, 2.45) is 0 Å². The van der Waals surface area contributed by atoms with E-state index >= 15 is 0 Å². The lowest BCUT2D eigenvalue weighted by Gasteiger charge is -2.06. The number of nitrogens with one attached hydrogen (secondary N) is 1. The SMILES string of the molecule is O=C(NCc1cc(-c2ccco2)on1)c1cccc(Cn2cccn2)c1. The third-order valence-corrected chi connectivity index (χ3v) is 3.85. The highest BCUT2D eigenvalue weighted by Gasteiger charge is 2.11. The second-order valence-corrected chi connectivity index (χ2v) is 5.75. The molecule has 0 aliphatic heterocycles. The number of amides is 1. The fraction of sp³-hybridized carbons (Fsp3) is 0.105. The maximum Gasteiger partial charge on any atom is 0.251 e. The summed E-state index contributed by atoms with van der Waals surface area (Å²) in [5.74, 6) is 0.955. The van der Waals surface area contributed by atoms with E-state index in [-0.39, 0.29) is 12.5 Å². The van der Waals surface area contributed by atoms with E-state index in [1.165, 1.54) is 0 Å². The molecule has 4 aromatic rings. The molecule has 0 aliphatic carbocycles. The third kappa shape index (κ3) is 3.56. The maximum absolute atomic E-state index is 12.4. The average Bonchev–Trinajstić information content (AvgIpc) is 3.41. The van der Waals surface area contributed by atoms with E-state index < -0.39 is 0 Å². The molecule has 0 fully saturated rings. The van der Waals surface area contributed by atoms with Gasteiger partial charge in [0.05, 0.1) is 19.4 Å². The van der Waals surface area contributed by atoms with E-state index in [0.29, 0.717) is 29.3 Å². The minimum atomic E-state index is -0.171. The summed E-state index contributed by atoms with van der Waals surface area (Å²) in [6, 6.07) is 14.6. The molecule has 7 nitrogen and oxygen atoms in total. The molecule has 0 saturated carbocycles. The Kier molecular flexibility index (Phi) is 4.34. The molecule has 3 aromatic heterocycles. The van der Waals surface area contributed by atoms with Gasteiger partial charge in [0.25, 0.3) is 5.91 Å². The van der Waals surface area contributed by atoms with Gasteiger partial charge in [-0.05, 0) is 35.9 Å². The summed E-state index contributed by atoms with van der Waals surface area (Å²) in [6.45, 7) is 0.885. The molecule has 26 heavy (non-hydrogen) atoms. The predicted octanol–water partition coefficient (Wildman–Crippen LogP) is 3.11. The zero-order valence-electron chi connectivity index (χ0n) is 13.8. The highest BCUT2D eigenvalue weighted by atomic mass is 16.5. The Morgan fingerprint density at radius 3 is 2.88 bits per heavy atom. The molecule has 1 N–H and O–H groups in total. The summed E-state index contributed by atoms with van der Waals surface area (Å²) in [7, 11) is 0. The van der Waals surface area contributed by atoms with Gasteiger partial charge in [-0.25, -0.2) is 0 Å². The summed E-state index contributed by atoms with van der Waals surface area (Å²) in [6.07, 6.45) is 5.18. The van der Waals surface area contributed by atoms with Crippen molar-refractivity contribution in [1.29, 1.82) is 0 Å². The number of carbonyl (C=O) groups is 1. The van der Waals surface area contributed by atoms with Crippen LogP contribution in [0.2, 0.25) is 0 Å². The molecule has 130 valence electrons. The van der Waals surface area contributed by atoms with E-state index in [9.17, 15) is 4.79 Å². The Morgan fingerprint density at radius 1 is 1.12 bits per heavy atom. The monoisotopic (exact) mass is 348 g/mol. The number of nitrogens with zero attached hydrogens (tertiary/aromatic N) is 3. The zero-order chi connectivity index (χ0) is 17.8. The number of hydrogen-bond acceptors (Lipinski definition) is 5. The van der Waals surface area contributed by atoms with E-state index in [2.05, 4.69) is 15.6 Å². The van der Waals surface area contributed by atoms with E-state index in [4.69, 9.17) is 8.94 Å². The van der Waals surface area contributed by atoms with Crippen molar-refractivity contribution in [2.45, 2.75) is 13.1 Å². The van der Waals surface area contributed by atoms with Crippen LogP contribution in [0.25, 0.3) is 11.5 Å². The second kappa shape index (κ2) is 7.10. The van der Waals surface area contributed by atoms with E-state index in [0.717, 1.165) is 5.56 Å². The molecular weight excluding hydrogens is 332 g/mol. The number of aromatic nitrogens is 3. The van der Waals surface area contributed by atoms with Gasteiger partial charge in [0.2, 0.25) is 5.76 Å². The van der Waals surface area contributed by atoms with Gasteiger partial charge < -0.3 is 14.3 Å². The lowest BCUT2D eigenvalue weighted by atomic mass is 10.1. The summed E-state index contributed by atoms with van der Waals surface area (Å²) in [5, 5.41) is 11.0. The summed E-state index contributed by atoms with van der Waals surface area (Å²) in [5.41, 5.74) is 2.21. The Bertz CT molecular complexity index is 988. The Morgan fingerprint density at radius 2 is 2.08 bits per heavy atom. The number of rotatable bonds is 6. The van der Waals surface area contributed by atoms with Gasteiger partial charge in [-0.15, -0.1) is 0 Å². The van der Waals surface area contributed by atoms with E-state index in [1.54, 1.807) is 36.7 Å². The van der Waals surface area contributed by atoms with Crippen molar-refractivity contribution in [1.82, 2.24) is 20.3 Å². The first-order valence-corrected chi connectivity index (χ1v) is 8.12. The van der Waals surface area contributed by atoms with Crippen molar-refractivity contribution in [2.75, 3.05) is 0 Å². The first-order valence-electron chi connectivity index (χ1n) is 8.12. The fourth-order valence-corrected chi connectivity index (χ4v) is 2.59. The normalized spacial score (nSPS) is 10.8. The third-order valence-electron chi connectivity index (χ3n) is 3.85. The lowest BCUT2D eigenvalue weighted by Crippen LogP contribution is -2.23. The molecule has 1 amide bonds. The van der Waals surface area contributed by atoms with Crippen molar-refractivity contribution < 1.29 is 13.7 Å². The topological polar surface area (TPSA) is 86.1 Å². The van der Waals surface area contributed by atoms with E-state index in [1.807, 2.05) is 35.1 Å². The molecule has 0 saturated heterocycles. The first kappa shape index (κ1) is 15.9. The largest absolute Gasteiger partial charge is 0.461 e. The van der Waals surface area contributed by atoms with Gasteiger partial charge in [0.1, 0.15) is 5.69 Å². The molecule has 0 spiro atoms. The van der Waals surface area contributed by atoms with Crippen molar-refractivity contribution >= 4 is 5.91 Å². The minimum absolute atomic E-state index is 0.171. The first-order chi connectivity index (χ1) is 12.8. The summed E-state index contributed by atoms with van der Waals surface area (Å²) >= 11 is 0. The number of carbonyl (C=O) groups excluding carboxylic acids is 1. The second-order valence-electron chi connectivity index (χ2n) is 5.75. The molecule has 0 radical (unpaired) electrons. The molecule has 0 unspecified atom stereocenters. The minimum Gasteiger partial charge on any atom is -0.461 e. The van der Waals surface area contributed by atoms with Crippen LogP contribution < -0.4 is 5.32 Å². The van der Waals surface area contributed by atoms with Crippen molar-refractivity contribution in [3.63, 3.8) is 0 Å². The van der Waals surface area contributed by atoms with Crippen molar-refractivity contribution in [3.05, 3.63) is 84.0 Å². The lowest BCUT2D eigenvalue weighted by molar-refractivity contribution is 0.0950. The maximum atomic E-state index is 12.4. The Hall–Kier alpha value is -3.61. The quantitative estimate of drug-likeness (QED) is 0.578. The van der Waals surface area contributed by atoms with Crippen LogP contribution in [-0.2, 0) is 13.1 Å². The fourth-order valence-electron chi connectivity index (χ4n) is 2.59. The molecule has 7 heteroatoms. The summed E-state index contributed by atoms with van der Waals surface area (Å²) in [4.78, 5) is 12.4. The smallest absolute Gasteiger partial charge is 0.251 e. The number of hydrogen-bond donors (Lipinski definition) is 1. The van der Waals surface area contributed by atoms with Gasteiger partial charge in [-0.1, -0.05) is 17.3 Å². The highest BCUT2D eigenvalue weighted by molar-refractivity contribution is 5.94. The van der Waals surface area contributed by atoms with Crippen LogP contribution in [0, 0.1) is 0 Å². The van der Waals surface area contributed by atoms with Crippen LogP contribution >= 0.6 is 0 Å².